The van der Waals surface area contributed by atoms with Crippen LogP contribution in [-0.4, -0.2) is 32.3 Å². The van der Waals surface area contributed by atoms with Crippen molar-refractivity contribution in [2.75, 3.05) is 0 Å². The molecule has 4 fully saturated rings. The zero-order valence-electron chi connectivity index (χ0n) is 44.7. The first-order valence-corrected chi connectivity index (χ1v) is 39.5. The predicted octanol–water partition coefficient (Wildman–Crippen LogP) is 12.5. The summed E-state index contributed by atoms with van der Waals surface area (Å²) < 4.78 is 0. The van der Waals surface area contributed by atoms with Crippen LogP contribution in [0.2, 0.25) is 74.5 Å². The molecule has 0 bridgehead atoms. The number of hydrogen-bond acceptors (Lipinski definition) is 0. The van der Waals surface area contributed by atoms with Crippen LogP contribution in [0, 0.1) is 24.3 Å². The Kier molecular flexibility index (Phi) is 17.4. The number of rotatable bonds is 4. The summed E-state index contributed by atoms with van der Waals surface area (Å²) in [6, 6.07) is 88.2. The molecule has 0 amide bonds. The van der Waals surface area contributed by atoms with Crippen molar-refractivity contribution in [2.45, 2.75) is 122 Å². The molecule has 0 N–H and O–H groups in total. The summed E-state index contributed by atoms with van der Waals surface area (Å²) in [5, 5.41) is 0. The Balaban J connectivity index is 0.000000122. The van der Waals surface area contributed by atoms with Gasteiger partial charge in [0.15, 0.2) is 0 Å². The molecule has 4 saturated heterocycles. The van der Waals surface area contributed by atoms with E-state index in [-0.39, 0.29) is 68.2 Å². The summed E-state index contributed by atoms with van der Waals surface area (Å²) in [6.07, 6.45) is 5.79. The van der Waals surface area contributed by atoms with Crippen molar-refractivity contribution in [1.82, 2.24) is 0 Å². The van der Waals surface area contributed by atoms with E-state index < -0.39 is 32.3 Å². The molecule has 380 valence electrons. The minimum Gasteiger partial charge on any atom is -1.00 e. The largest absolute Gasteiger partial charge is 2.00 e. The molecule has 8 heteroatoms. The van der Waals surface area contributed by atoms with Gasteiger partial charge in [-0.25, -0.2) is 0 Å². The Labute approximate surface area is 501 Å². The van der Waals surface area contributed by atoms with E-state index in [0.29, 0.717) is 22.2 Å². The van der Waals surface area contributed by atoms with E-state index in [1.165, 1.54) is 141 Å². The molecule has 0 aromatic heterocycles. The summed E-state index contributed by atoms with van der Waals surface area (Å²) >= 11 is 0. The van der Waals surface area contributed by atoms with Crippen molar-refractivity contribution < 1.29 is 68.2 Å². The van der Waals surface area contributed by atoms with Gasteiger partial charge in [0.2, 0.25) is 0 Å². The number of benzene rings is 8. The fourth-order valence-electron chi connectivity index (χ4n) is 15.3. The van der Waals surface area contributed by atoms with Crippen molar-refractivity contribution in [2.24, 2.45) is 0 Å². The van der Waals surface area contributed by atoms with Gasteiger partial charge < -0.3 is 24.8 Å². The first-order chi connectivity index (χ1) is 35.2. The molecule has 4 atom stereocenters. The third-order valence-electron chi connectivity index (χ3n) is 19.7. The number of halogens is 2. The van der Waals surface area contributed by atoms with Crippen LogP contribution in [0.15, 0.2) is 170 Å². The van der Waals surface area contributed by atoms with Gasteiger partial charge in [-0.05, 0) is 44.4 Å². The van der Waals surface area contributed by atoms with Crippen molar-refractivity contribution >= 4 is 32.3 Å². The Morgan fingerprint density at radius 1 is 0.276 bits per heavy atom. The third kappa shape index (κ3) is 9.63. The Hall–Kier alpha value is -3.36. The zero-order chi connectivity index (χ0) is 48.7. The molecule has 4 heterocycles. The van der Waals surface area contributed by atoms with Gasteiger partial charge in [-0.1, -0.05) is 220 Å². The monoisotopic (exact) mass is 1160 g/mol. The molecule has 0 spiro atoms. The molecule has 4 aliphatic carbocycles. The molecule has 0 radical (unpaired) electrons. The average Bonchev–Trinajstić information content (AvgIpc) is 4.12. The second-order valence-electron chi connectivity index (χ2n) is 24.1. The topological polar surface area (TPSA) is 0 Å². The summed E-state index contributed by atoms with van der Waals surface area (Å²) in [4.78, 5) is 0. The van der Waals surface area contributed by atoms with Gasteiger partial charge in [-0.3, -0.25) is 0 Å². The molecule has 76 heavy (non-hydrogen) atoms. The summed E-state index contributed by atoms with van der Waals surface area (Å²) in [5.41, 5.74) is 26.8. The number of fused-ring (bicyclic) bond motifs is 12. The van der Waals surface area contributed by atoms with Gasteiger partial charge in [0.25, 0.3) is 0 Å². The molecular weight excluding hydrogens is 1100 g/mol. The van der Waals surface area contributed by atoms with Crippen LogP contribution in [0.5, 0.6) is 0 Å². The van der Waals surface area contributed by atoms with Crippen molar-refractivity contribution in [3.8, 4) is 44.5 Å². The van der Waals surface area contributed by atoms with Gasteiger partial charge in [0, 0.05) is 0 Å². The number of hydrogen-bond donors (Lipinski definition) is 0. The Morgan fingerprint density at radius 2 is 0.461 bits per heavy atom. The smallest absolute Gasteiger partial charge is 1.00 e. The van der Waals surface area contributed by atoms with Crippen LogP contribution in [0.4, 0.5) is 0 Å². The molecule has 8 aliphatic rings. The third-order valence-corrected chi connectivity index (χ3v) is 39.7. The summed E-state index contributed by atoms with van der Waals surface area (Å²) in [7, 11) is -4.39. The van der Waals surface area contributed by atoms with E-state index in [1.807, 2.05) is 0 Å². The van der Waals surface area contributed by atoms with Crippen LogP contribution >= 0.6 is 0 Å². The second kappa shape index (κ2) is 23.0. The normalized spacial score (nSPS) is 21.8. The van der Waals surface area contributed by atoms with Crippen LogP contribution in [-0.2, 0) is 43.4 Å². The van der Waals surface area contributed by atoms with Crippen LogP contribution in [0.1, 0.15) is 92.4 Å². The first-order valence-electron chi connectivity index (χ1n) is 27.6. The SMILES string of the molecule is C[Si]1(C2c3[c-]cccc3-c3ccccc32)CCC1.C[Si]1(C2c3[c-]cccc3-c3ccccc32)CCC1.C[Si]1(C2c3[c-]cccc3-c3ccccc32)CCC1.C[Si]1(C2c3[c-]cccc3-c3ccccc32)CCC1.[Cl-].[Cl-].[Ti+2].[Ti+2]. The molecular formula is C68H68Cl2Si4Ti2-2. The molecule has 0 nitrogen and oxygen atoms in total. The van der Waals surface area contributed by atoms with Crippen LogP contribution in [0.25, 0.3) is 44.5 Å². The fraction of sp³-hybridized carbons (Fsp3) is 0.294. The van der Waals surface area contributed by atoms with Gasteiger partial charge in [0.05, 0.1) is 32.3 Å². The van der Waals surface area contributed by atoms with E-state index in [0.717, 1.165) is 0 Å². The van der Waals surface area contributed by atoms with Crippen molar-refractivity contribution in [3.05, 3.63) is 239 Å². The second-order valence-corrected chi connectivity index (χ2v) is 43.6. The molecule has 4 unspecified atom stereocenters. The van der Waals surface area contributed by atoms with Gasteiger partial charge in [-0.15, -0.1) is 44.5 Å². The fourth-order valence-corrected chi connectivity index (χ4v) is 31.2. The molecule has 0 saturated carbocycles. The van der Waals surface area contributed by atoms with Crippen molar-refractivity contribution in [3.63, 3.8) is 0 Å². The van der Waals surface area contributed by atoms with Crippen molar-refractivity contribution in [1.29, 1.82) is 0 Å². The van der Waals surface area contributed by atoms with Crippen LogP contribution < -0.4 is 24.8 Å². The zero-order valence-corrected chi connectivity index (χ0v) is 53.4. The average molecular weight is 1160 g/mol. The molecule has 8 aromatic rings. The minimum absolute atomic E-state index is 0. The molecule has 16 rings (SSSR count). The summed E-state index contributed by atoms with van der Waals surface area (Å²) in [6.45, 7) is 10.4. The minimum atomic E-state index is -1.10. The summed E-state index contributed by atoms with van der Waals surface area (Å²) in [5.74, 6) is 0. The van der Waals surface area contributed by atoms with Gasteiger partial charge in [0.1, 0.15) is 0 Å². The Bertz CT molecular complexity index is 2730. The standard InChI is InChI=1S/4C17H17Si.2ClH.2Ti/c4*1-18(11-6-12-18)17-15-9-4-2-7-13(15)14-8-3-5-10-16(14)17;;;;/h4*2-5,7-9,17H,6,11-12H2,1H3;2*1H;;/q4*-1;;;2*+2/p-2. The maximum absolute atomic E-state index is 3.55. The molecule has 8 aromatic carbocycles. The molecule has 4 aliphatic heterocycles. The first kappa shape index (κ1) is 57.3. The van der Waals surface area contributed by atoms with Gasteiger partial charge >= 0.3 is 43.4 Å². The Morgan fingerprint density at radius 3 is 0.645 bits per heavy atom. The van der Waals surface area contributed by atoms with Gasteiger partial charge in [-0.2, -0.15) is 97.1 Å². The van der Waals surface area contributed by atoms with E-state index in [4.69, 9.17) is 0 Å². The maximum atomic E-state index is 3.55. The van der Waals surface area contributed by atoms with E-state index in [2.05, 4.69) is 220 Å². The van der Waals surface area contributed by atoms with E-state index in [1.54, 1.807) is 22.3 Å². The maximum Gasteiger partial charge on any atom is 2.00 e. The predicted molar refractivity (Wildman–Crippen MR) is 314 cm³/mol. The van der Waals surface area contributed by atoms with Crippen LogP contribution in [0.3, 0.4) is 0 Å². The van der Waals surface area contributed by atoms with E-state index >= 15 is 0 Å². The quantitative estimate of drug-likeness (QED) is 0.122. The van der Waals surface area contributed by atoms with E-state index in [9.17, 15) is 0 Å².